The minimum atomic E-state index is -0.708. The summed E-state index contributed by atoms with van der Waals surface area (Å²) in [7, 11) is 3.29. The number of methoxy groups -OCH3 is 2. The maximum absolute atomic E-state index is 11.0. The second kappa shape index (κ2) is 8.61. The lowest BCUT2D eigenvalue weighted by Crippen LogP contribution is -2.45. The Morgan fingerprint density at radius 1 is 1.03 bits per heavy atom. The summed E-state index contributed by atoms with van der Waals surface area (Å²) in [5, 5.41) is 11.0. The van der Waals surface area contributed by atoms with Gasteiger partial charge in [0.05, 0.1) is 25.9 Å². The van der Waals surface area contributed by atoms with Crippen molar-refractivity contribution >= 4 is 5.69 Å². The Balaban J connectivity index is 1.31. The third kappa shape index (κ3) is 4.34. The van der Waals surface area contributed by atoms with Crippen molar-refractivity contribution in [2.45, 2.75) is 24.5 Å². The van der Waals surface area contributed by atoms with Crippen LogP contribution in [-0.2, 0) is 10.3 Å². The molecule has 0 aliphatic carbocycles. The van der Waals surface area contributed by atoms with Crippen molar-refractivity contribution in [2.24, 2.45) is 0 Å². The molecule has 0 radical (unpaired) electrons. The van der Waals surface area contributed by atoms with E-state index in [2.05, 4.69) is 9.80 Å². The highest BCUT2D eigenvalue weighted by molar-refractivity contribution is 5.56. The summed E-state index contributed by atoms with van der Waals surface area (Å²) in [6.45, 7) is 4.05. The summed E-state index contributed by atoms with van der Waals surface area (Å²) in [6.07, 6.45) is 1.66. The van der Waals surface area contributed by atoms with Crippen LogP contribution in [0.4, 0.5) is 5.69 Å². The second-order valence-corrected chi connectivity index (χ2v) is 7.88. The summed E-state index contributed by atoms with van der Waals surface area (Å²) in [4.78, 5) is 4.62. The molecular formula is C23H30N2O4. The lowest BCUT2D eigenvalue weighted by Gasteiger charge is -2.39. The predicted molar refractivity (Wildman–Crippen MR) is 113 cm³/mol. The van der Waals surface area contributed by atoms with Crippen LogP contribution in [0.3, 0.4) is 0 Å². The molecule has 1 unspecified atom stereocenters. The molecule has 2 saturated heterocycles. The van der Waals surface area contributed by atoms with Gasteiger partial charge in [-0.25, -0.2) is 0 Å². The average molecular weight is 399 g/mol. The Hall–Kier alpha value is -2.28. The van der Waals surface area contributed by atoms with Gasteiger partial charge in [0.25, 0.3) is 0 Å². The maximum atomic E-state index is 11.0. The summed E-state index contributed by atoms with van der Waals surface area (Å²) < 4.78 is 16.8. The highest BCUT2D eigenvalue weighted by atomic mass is 16.5. The first kappa shape index (κ1) is 20.0. The molecule has 156 valence electrons. The van der Waals surface area contributed by atoms with Crippen LogP contribution in [0, 0.1) is 0 Å². The number of aliphatic hydroxyl groups is 1. The number of anilines is 1. The molecule has 6 heteroatoms. The van der Waals surface area contributed by atoms with Crippen molar-refractivity contribution in [3.8, 4) is 11.5 Å². The van der Waals surface area contributed by atoms with E-state index in [1.165, 1.54) is 0 Å². The van der Waals surface area contributed by atoms with Gasteiger partial charge in [-0.15, -0.1) is 0 Å². The number of rotatable bonds is 6. The Labute approximate surface area is 172 Å². The van der Waals surface area contributed by atoms with Gasteiger partial charge in [-0.05, 0) is 30.5 Å². The van der Waals surface area contributed by atoms with Crippen LogP contribution in [0.2, 0.25) is 0 Å². The van der Waals surface area contributed by atoms with Crippen LogP contribution in [0.15, 0.2) is 48.5 Å². The zero-order chi connectivity index (χ0) is 20.3. The lowest BCUT2D eigenvalue weighted by molar-refractivity contribution is -0.0354. The first-order valence-electron chi connectivity index (χ1n) is 10.2. The fraction of sp³-hybridized carbons (Fsp3) is 0.478. The molecule has 4 rings (SSSR count). The standard InChI is InChI=1S/C23H30N2O4/c1-27-21-9-8-19(14-22(21)28-2)25-16-20(29-17-25)15-24-12-10-23(26,11-13-24)18-6-4-3-5-7-18/h3-9,14,20,26H,10-13,15-17H2,1-2H3. The molecule has 0 bridgehead atoms. The minimum Gasteiger partial charge on any atom is -0.493 e. The smallest absolute Gasteiger partial charge is 0.162 e. The van der Waals surface area contributed by atoms with Crippen molar-refractivity contribution in [2.75, 3.05) is 52.0 Å². The van der Waals surface area contributed by atoms with Gasteiger partial charge in [-0.2, -0.15) is 0 Å². The number of nitrogens with zero attached hydrogens (tertiary/aromatic N) is 2. The van der Waals surface area contributed by atoms with E-state index in [1.807, 2.05) is 48.5 Å². The number of hydrogen-bond donors (Lipinski definition) is 1. The van der Waals surface area contributed by atoms with Crippen molar-refractivity contribution in [3.05, 3.63) is 54.1 Å². The van der Waals surface area contributed by atoms with Gasteiger partial charge in [0.15, 0.2) is 11.5 Å². The number of ether oxygens (including phenoxy) is 3. The van der Waals surface area contributed by atoms with Crippen molar-refractivity contribution in [1.82, 2.24) is 4.90 Å². The zero-order valence-corrected chi connectivity index (χ0v) is 17.2. The first-order chi connectivity index (χ1) is 14.1. The van der Waals surface area contributed by atoms with Crippen molar-refractivity contribution in [1.29, 1.82) is 0 Å². The molecule has 2 aliphatic heterocycles. The predicted octanol–water partition coefficient (Wildman–Crippen LogP) is 2.85. The fourth-order valence-corrected chi connectivity index (χ4v) is 4.29. The zero-order valence-electron chi connectivity index (χ0n) is 17.2. The molecule has 1 atom stereocenters. The molecule has 2 fully saturated rings. The fourth-order valence-electron chi connectivity index (χ4n) is 4.29. The van der Waals surface area contributed by atoms with Crippen LogP contribution in [-0.4, -0.2) is 63.2 Å². The quantitative estimate of drug-likeness (QED) is 0.808. The van der Waals surface area contributed by atoms with Gasteiger partial charge in [-0.1, -0.05) is 30.3 Å². The lowest BCUT2D eigenvalue weighted by atomic mass is 9.84. The van der Waals surface area contributed by atoms with Gasteiger partial charge in [0, 0.05) is 37.9 Å². The van der Waals surface area contributed by atoms with E-state index < -0.39 is 5.60 Å². The third-order valence-corrected chi connectivity index (χ3v) is 6.08. The molecule has 0 aromatic heterocycles. The normalized spacial score (nSPS) is 21.9. The SMILES string of the molecule is COc1ccc(N2COC(CN3CCC(O)(c4ccccc4)CC3)C2)cc1OC. The van der Waals surface area contributed by atoms with Crippen LogP contribution in [0.25, 0.3) is 0 Å². The second-order valence-electron chi connectivity index (χ2n) is 7.88. The molecule has 1 N–H and O–H groups in total. The molecular weight excluding hydrogens is 368 g/mol. The monoisotopic (exact) mass is 398 g/mol. The topological polar surface area (TPSA) is 54.4 Å². The Morgan fingerprint density at radius 2 is 1.76 bits per heavy atom. The molecule has 29 heavy (non-hydrogen) atoms. The number of piperidine rings is 1. The summed E-state index contributed by atoms with van der Waals surface area (Å²) in [6, 6.07) is 16.0. The largest absolute Gasteiger partial charge is 0.493 e. The van der Waals surface area contributed by atoms with E-state index in [1.54, 1.807) is 14.2 Å². The van der Waals surface area contributed by atoms with Gasteiger partial charge < -0.3 is 29.1 Å². The number of benzene rings is 2. The molecule has 0 saturated carbocycles. The summed E-state index contributed by atoms with van der Waals surface area (Å²) in [5.74, 6) is 1.46. The average Bonchev–Trinajstić information content (AvgIpc) is 3.24. The van der Waals surface area contributed by atoms with E-state index in [4.69, 9.17) is 14.2 Å². The van der Waals surface area contributed by atoms with E-state index in [0.717, 1.165) is 61.8 Å². The van der Waals surface area contributed by atoms with E-state index in [0.29, 0.717) is 6.73 Å². The molecule has 2 aliphatic rings. The van der Waals surface area contributed by atoms with Gasteiger partial charge >= 0.3 is 0 Å². The first-order valence-corrected chi connectivity index (χ1v) is 10.2. The van der Waals surface area contributed by atoms with Gasteiger partial charge in [-0.3, -0.25) is 0 Å². The van der Waals surface area contributed by atoms with E-state index >= 15 is 0 Å². The maximum Gasteiger partial charge on any atom is 0.162 e. The molecule has 2 aromatic rings. The van der Waals surface area contributed by atoms with Gasteiger partial charge in [0.2, 0.25) is 0 Å². The molecule has 0 amide bonds. The highest BCUT2D eigenvalue weighted by Crippen LogP contribution is 2.34. The Morgan fingerprint density at radius 3 is 2.45 bits per heavy atom. The van der Waals surface area contributed by atoms with Crippen LogP contribution in [0.1, 0.15) is 18.4 Å². The number of hydrogen-bond acceptors (Lipinski definition) is 6. The Bertz CT molecular complexity index is 806. The molecule has 6 nitrogen and oxygen atoms in total. The number of likely N-dealkylation sites (tertiary alicyclic amines) is 1. The highest BCUT2D eigenvalue weighted by Gasteiger charge is 2.35. The Kier molecular flexibility index (Phi) is 5.94. The summed E-state index contributed by atoms with van der Waals surface area (Å²) in [5.41, 5.74) is 1.39. The summed E-state index contributed by atoms with van der Waals surface area (Å²) >= 11 is 0. The van der Waals surface area contributed by atoms with Crippen molar-refractivity contribution in [3.63, 3.8) is 0 Å². The molecule has 2 aromatic carbocycles. The molecule has 0 spiro atoms. The van der Waals surface area contributed by atoms with Crippen LogP contribution in [0.5, 0.6) is 11.5 Å². The molecule has 2 heterocycles. The van der Waals surface area contributed by atoms with Crippen LogP contribution < -0.4 is 14.4 Å². The van der Waals surface area contributed by atoms with Gasteiger partial charge in [0.1, 0.15) is 6.73 Å². The van der Waals surface area contributed by atoms with Crippen molar-refractivity contribution < 1.29 is 19.3 Å². The van der Waals surface area contributed by atoms with E-state index in [-0.39, 0.29) is 6.10 Å². The minimum absolute atomic E-state index is 0.158. The van der Waals surface area contributed by atoms with Crippen LogP contribution >= 0.6 is 0 Å². The third-order valence-electron chi connectivity index (χ3n) is 6.08. The van der Waals surface area contributed by atoms with E-state index in [9.17, 15) is 5.11 Å².